The van der Waals surface area contributed by atoms with Gasteiger partial charge in [-0.2, -0.15) is 0 Å². The third-order valence-electron chi connectivity index (χ3n) is 4.52. The molecule has 26 heavy (non-hydrogen) atoms. The number of aliphatic hydroxyl groups is 1. The molecule has 2 aromatic carbocycles. The first kappa shape index (κ1) is 20.1. The van der Waals surface area contributed by atoms with E-state index in [1.54, 1.807) is 7.11 Å². The Bertz CT molecular complexity index is 702. The van der Waals surface area contributed by atoms with Crippen LogP contribution in [0.15, 0.2) is 42.5 Å². The highest BCUT2D eigenvalue weighted by atomic mass is 16.5. The van der Waals surface area contributed by atoms with E-state index < -0.39 is 11.7 Å². The lowest BCUT2D eigenvalue weighted by molar-refractivity contribution is -0.0411. The van der Waals surface area contributed by atoms with Crippen molar-refractivity contribution in [1.82, 2.24) is 0 Å². The van der Waals surface area contributed by atoms with Crippen LogP contribution in [-0.2, 0) is 12.8 Å². The fourth-order valence-electron chi connectivity index (χ4n) is 2.84. The zero-order valence-corrected chi connectivity index (χ0v) is 16.1. The Hall–Kier alpha value is -2.24. The van der Waals surface area contributed by atoms with Gasteiger partial charge in [0.25, 0.3) is 0 Å². The second kappa shape index (κ2) is 8.92. The van der Waals surface area contributed by atoms with Gasteiger partial charge in [0.05, 0.1) is 18.9 Å². The first-order valence-electron chi connectivity index (χ1n) is 8.91. The normalized spacial score (nSPS) is 17.2. The van der Waals surface area contributed by atoms with E-state index in [0.717, 1.165) is 35.7 Å². The van der Waals surface area contributed by atoms with Crippen LogP contribution in [0.3, 0.4) is 0 Å². The van der Waals surface area contributed by atoms with Crippen molar-refractivity contribution in [1.29, 1.82) is 0 Å². The highest BCUT2D eigenvalue weighted by Gasteiger charge is 2.36. The largest absolute Gasteiger partial charge is 0.495 e. The molecule has 0 saturated heterocycles. The van der Waals surface area contributed by atoms with E-state index in [1.807, 2.05) is 51.2 Å². The predicted octanol–water partition coefficient (Wildman–Crippen LogP) is 3.00. The van der Waals surface area contributed by atoms with Gasteiger partial charge in [0.1, 0.15) is 17.1 Å². The molecular formula is C21H30N2O3. The monoisotopic (exact) mass is 358 g/mol. The second-order valence-electron chi connectivity index (χ2n) is 6.86. The van der Waals surface area contributed by atoms with Gasteiger partial charge in [0, 0.05) is 25.1 Å². The molecule has 0 spiro atoms. The van der Waals surface area contributed by atoms with Gasteiger partial charge in [-0.3, -0.25) is 0 Å². The maximum Gasteiger partial charge on any atom is 0.142 e. The lowest BCUT2D eigenvalue weighted by Gasteiger charge is -2.37. The summed E-state index contributed by atoms with van der Waals surface area (Å²) in [5.41, 5.74) is 8.00. The topological polar surface area (TPSA) is 76.7 Å². The zero-order chi connectivity index (χ0) is 19.2. The standard InChI is InChI=1S/C13H19NO3.C8H11N/c1-13(2)12(15)6-8-5-11(16-4)9(14-3)7-10(8)17-13;9-7-6-8-4-2-1-3-5-8/h5,7,12,14-15H,6H2,1-4H3;1-5H,6-7,9H2. The molecule has 1 aliphatic rings. The lowest BCUT2D eigenvalue weighted by atomic mass is 9.91. The molecule has 0 fully saturated rings. The van der Waals surface area contributed by atoms with Gasteiger partial charge in [-0.15, -0.1) is 0 Å². The van der Waals surface area contributed by atoms with E-state index in [0.29, 0.717) is 6.42 Å². The second-order valence-corrected chi connectivity index (χ2v) is 6.86. The van der Waals surface area contributed by atoms with E-state index >= 15 is 0 Å². The molecule has 0 amide bonds. The van der Waals surface area contributed by atoms with Crippen molar-refractivity contribution in [2.75, 3.05) is 26.0 Å². The van der Waals surface area contributed by atoms with Crippen LogP contribution in [0.2, 0.25) is 0 Å². The molecule has 0 bridgehead atoms. The third kappa shape index (κ3) is 4.90. The van der Waals surface area contributed by atoms with Crippen LogP contribution in [0.4, 0.5) is 5.69 Å². The number of methoxy groups -OCH3 is 1. The summed E-state index contributed by atoms with van der Waals surface area (Å²) in [6.45, 7) is 4.53. The molecule has 0 aromatic heterocycles. The highest BCUT2D eigenvalue weighted by Crippen LogP contribution is 2.39. The highest BCUT2D eigenvalue weighted by molar-refractivity contribution is 5.62. The number of hydrogen-bond acceptors (Lipinski definition) is 5. The Morgan fingerprint density at radius 2 is 1.96 bits per heavy atom. The Kier molecular flexibility index (Phi) is 6.89. The van der Waals surface area contributed by atoms with Gasteiger partial charge in [0.2, 0.25) is 0 Å². The van der Waals surface area contributed by atoms with Gasteiger partial charge >= 0.3 is 0 Å². The predicted molar refractivity (Wildman–Crippen MR) is 106 cm³/mol. The average Bonchev–Trinajstić information content (AvgIpc) is 2.63. The van der Waals surface area contributed by atoms with Crippen molar-refractivity contribution in [2.45, 2.75) is 38.4 Å². The number of ether oxygens (including phenoxy) is 2. The summed E-state index contributed by atoms with van der Waals surface area (Å²) in [5.74, 6) is 1.58. The maximum absolute atomic E-state index is 9.99. The molecule has 3 rings (SSSR count). The van der Waals surface area contributed by atoms with Crippen molar-refractivity contribution >= 4 is 5.69 Å². The summed E-state index contributed by atoms with van der Waals surface area (Å²) in [5, 5.41) is 13.1. The molecule has 0 saturated carbocycles. The molecule has 5 heteroatoms. The van der Waals surface area contributed by atoms with Crippen LogP contribution < -0.4 is 20.5 Å². The molecule has 0 radical (unpaired) electrons. The zero-order valence-electron chi connectivity index (χ0n) is 16.1. The first-order valence-corrected chi connectivity index (χ1v) is 8.91. The minimum atomic E-state index is -0.549. The smallest absolute Gasteiger partial charge is 0.142 e. The quantitative estimate of drug-likeness (QED) is 0.783. The Morgan fingerprint density at radius 1 is 1.27 bits per heavy atom. The molecule has 1 atom stereocenters. The van der Waals surface area contributed by atoms with Gasteiger partial charge < -0.3 is 25.6 Å². The van der Waals surface area contributed by atoms with Crippen LogP contribution in [-0.4, -0.2) is 37.5 Å². The molecule has 142 valence electrons. The number of nitrogens with one attached hydrogen (secondary N) is 1. The van der Waals surface area contributed by atoms with Gasteiger partial charge in [-0.05, 0) is 38.4 Å². The van der Waals surface area contributed by atoms with E-state index in [9.17, 15) is 5.11 Å². The van der Waals surface area contributed by atoms with Crippen molar-refractivity contribution in [3.8, 4) is 11.5 Å². The minimum Gasteiger partial charge on any atom is -0.495 e. The van der Waals surface area contributed by atoms with Gasteiger partial charge in [-0.25, -0.2) is 0 Å². The average molecular weight is 358 g/mol. The van der Waals surface area contributed by atoms with E-state index in [2.05, 4.69) is 17.4 Å². The molecule has 5 nitrogen and oxygen atoms in total. The van der Waals surface area contributed by atoms with Crippen molar-refractivity contribution in [3.05, 3.63) is 53.6 Å². The number of fused-ring (bicyclic) bond motifs is 1. The van der Waals surface area contributed by atoms with Crippen LogP contribution >= 0.6 is 0 Å². The third-order valence-corrected chi connectivity index (χ3v) is 4.52. The van der Waals surface area contributed by atoms with Crippen molar-refractivity contribution in [2.24, 2.45) is 5.73 Å². The summed E-state index contributed by atoms with van der Waals surface area (Å²) in [7, 11) is 3.47. The summed E-state index contributed by atoms with van der Waals surface area (Å²) in [6.07, 6.45) is 1.07. The molecule has 4 N–H and O–H groups in total. The molecule has 1 heterocycles. The minimum absolute atomic E-state index is 0.500. The summed E-state index contributed by atoms with van der Waals surface area (Å²) in [4.78, 5) is 0. The van der Waals surface area contributed by atoms with Crippen LogP contribution in [0.5, 0.6) is 11.5 Å². The van der Waals surface area contributed by atoms with E-state index in [-0.39, 0.29) is 0 Å². The number of nitrogens with two attached hydrogens (primary N) is 1. The molecule has 1 unspecified atom stereocenters. The van der Waals surface area contributed by atoms with Crippen LogP contribution in [0.1, 0.15) is 25.0 Å². The van der Waals surface area contributed by atoms with Crippen LogP contribution in [0, 0.1) is 0 Å². The maximum atomic E-state index is 9.99. The number of aliphatic hydroxyl groups excluding tert-OH is 1. The Balaban J connectivity index is 0.000000228. The Labute approximate surface area is 156 Å². The number of rotatable bonds is 4. The number of benzene rings is 2. The summed E-state index contributed by atoms with van der Waals surface area (Å²) in [6, 6.07) is 14.1. The fraction of sp³-hybridized carbons (Fsp3) is 0.429. The summed E-state index contributed by atoms with van der Waals surface area (Å²) >= 11 is 0. The molecule has 1 aliphatic heterocycles. The first-order chi connectivity index (χ1) is 12.4. The van der Waals surface area contributed by atoms with Crippen molar-refractivity contribution in [3.63, 3.8) is 0 Å². The SMILES string of the molecule is CNc1cc2c(cc1OC)CC(O)C(C)(C)O2.NCCc1ccccc1. The summed E-state index contributed by atoms with van der Waals surface area (Å²) < 4.78 is 11.1. The lowest BCUT2D eigenvalue weighted by Crippen LogP contribution is -2.46. The molecule has 0 aliphatic carbocycles. The molecular weight excluding hydrogens is 328 g/mol. The molecule has 2 aromatic rings. The van der Waals surface area contributed by atoms with E-state index in [4.69, 9.17) is 15.2 Å². The number of hydrogen-bond donors (Lipinski definition) is 3. The van der Waals surface area contributed by atoms with Crippen LogP contribution in [0.25, 0.3) is 0 Å². The Morgan fingerprint density at radius 3 is 2.54 bits per heavy atom. The van der Waals surface area contributed by atoms with Gasteiger partial charge in [0.15, 0.2) is 0 Å². The van der Waals surface area contributed by atoms with Gasteiger partial charge in [-0.1, -0.05) is 30.3 Å². The fourth-order valence-corrected chi connectivity index (χ4v) is 2.84. The van der Waals surface area contributed by atoms with Crippen molar-refractivity contribution < 1.29 is 14.6 Å². The van der Waals surface area contributed by atoms with E-state index in [1.165, 1.54) is 5.56 Å². The number of anilines is 1.